The van der Waals surface area contributed by atoms with Crippen LogP contribution in [0.15, 0.2) is 18.2 Å². The molecule has 0 radical (unpaired) electrons. The van der Waals surface area contributed by atoms with Crippen LogP contribution in [0.3, 0.4) is 0 Å². The summed E-state index contributed by atoms with van der Waals surface area (Å²) >= 11 is 0. The fourth-order valence-electron chi connectivity index (χ4n) is 2.90. The van der Waals surface area contributed by atoms with Crippen LogP contribution in [0.2, 0.25) is 0 Å². The van der Waals surface area contributed by atoms with Gasteiger partial charge in [0.1, 0.15) is 5.82 Å². The summed E-state index contributed by atoms with van der Waals surface area (Å²) in [6.07, 6.45) is 1.66. The zero-order valence-corrected chi connectivity index (χ0v) is 12.5. The van der Waals surface area contributed by atoms with Crippen molar-refractivity contribution >= 4 is 5.69 Å². The SMILES string of the molecule is CCN(CC)c1ccc(CN2CCCC(O)C2)cc1F. The highest BCUT2D eigenvalue weighted by Gasteiger charge is 2.18. The van der Waals surface area contributed by atoms with Crippen molar-refractivity contribution in [2.75, 3.05) is 31.1 Å². The Hall–Kier alpha value is -1.13. The second kappa shape index (κ2) is 7.04. The molecule has 1 atom stereocenters. The molecule has 0 aliphatic carbocycles. The number of rotatable bonds is 5. The van der Waals surface area contributed by atoms with Crippen LogP contribution in [0, 0.1) is 5.82 Å². The molecule has 0 spiro atoms. The summed E-state index contributed by atoms with van der Waals surface area (Å²) in [5.41, 5.74) is 1.66. The van der Waals surface area contributed by atoms with E-state index in [2.05, 4.69) is 4.90 Å². The monoisotopic (exact) mass is 280 g/mol. The molecule has 1 N–H and O–H groups in total. The lowest BCUT2D eigenvalue weighted by Crippen LogP contribution is -2.37. The normalized spacial score (nSPS) is 20.1. The number of anilines is 1. The van der Waals surface area contributed by atoms with Gasteiger partial charge in [0.25, 0.3) is 0 Å². The Morgan fingerprint density at radius 2 is 2.10 bits per heavy atom. The van der Waals surface area contributed by atoms with Gasteiger partial charge in [0.2, 0.25) is 0 Å². The third kappa shape index (κ3) is 3.70. The van der Waals surface area contributed by atoms with E-state index in [1.165, 1.54) is 0 Å². The lowest BCUT2D eigenvalue weighted by Gasteiger charge is -2.30. The Bertz CT molecular complexity index is 434. The first-order valence-corrected chi connectivity index (χ1v) is 7.57. The Morgan fingerprint density at radius 1 is 1.35 bits per heavy atom. The van der Waals surface area contributed by atoms with Crippen molar-refractivity contribution in [3.05, 3.63) is 29.6 Å². The molecule has 0 bridgehead atoms. The zero-order chi connectivity index (χ0) is 14.5. The topological polar surface area (TPSA) is 26.7 Å². The molecule has 0 aromatic heterocycles. The lowest BCUT2D eigenvalue weighted by molar-refractivity contribution is 0.0668. The molecule has 1 heterocycles. The van der Waals surface area contributed by atoms with Gasteiger partial charge in [-0.3, -0.25) is 4.90 Å². The molecular weight excluding hydrogens is 255 g/mol. The molecule has 2 rings (SSSR count). The maximum atomic E-state index is 14.2. The third-order valence-electron chi connectivity index (χ3n) is 4.00. The molecular formula is C16H25FN2O. The summed E-state index contributed by atoms with van der Waals surface area (Å²) in [5.74, 6) is -0.149. The number of aliphatic hydroxyl groups is 1. The number of hydrogen-bond acceptors (Lipinski definition) is 3. The number of halogens is 1. The number of hydrogen-bond donors (Lipinski definition) is 1. The maximum Gasteiger partial charge on any atom is 0.146 e. The van der Waals surface area contributed by atoms with Crippen LogP contribution in [0.25, 0.3) is 0 Å². The predicted octanol–water partition coefficient (Wildman–Crippen LogP) is 2.63. The highest BCUT2D eigenvalue weighted by molar-refractivity contribution is 5.49. The van der Waals surface area contributed by atoms with Gasteiger partial charge in [0.15, 0.2) is 0 Å². The van der Waals surface area contributed by atoms with E-state index in [4.69, 9.17) is 0 Å². The molecule has 1 saturated heterocycles. The van der Waals surface area contributed by atoms with Crippen LogP contribution in [0.4, 0.5) is 10.1 Å². The van der Waals surface area contributed by atoms with Crippen LogP contribution in [-0.2, 0) is 6.54 Å². The minimum atomic E-state index is -0.233. The van der Waals surface area contributed by atoms with Gasteiger partial charge >= 0.3 is 0 Å². The molecule has 1 aromatic rings. The van der Waals surface area contributed by atoms with Crippen molar-refractivity contribution in [3.63, 3.8) is 0 Å². The minimum absolute atomic E-state index is 0.149. The van der Waals surface area contributed by atoms with Gasteiger partial charge in [-0.25, -0.2) is 4.39 Å². The lowest BCUT2D eigenvalue weighted by atomic mass is 10.1. The van der Waals surface area contributed by atoms with Gasteiger partial charge in [-0.05, 0) is 50.9 Å². The van der Waals surface area contributed by atoms with Crippen LogP contribution in [-0.4, -0.2) is 42.3 Å². The van der Waals surface area contributed by atoms with Crippen LogP contribution in [0.5, 0.6) is 0 Å². The number of aliphatic hydroxyl groups excluding tert-OH is 1. The average Bonchev–Trinajstić information content (AvgIpc) is 2.42. The molecule has 1 aliphatic heterocycles. The Morgan fingerprint density at radius 3 is 2.70 bits per heavy atom. The summed E-state index contributed by atoms with van der Waals surface area (Å²) < 4.78 is 14.2. The summed E-state index contributed by atoms with van der Waals surface area (Å²) in [6.45, 7) is 8.08. The van der Waals surface area contributed by atoms with E-state index in [0.29, 0.717) is 18.8 Å². The molecule has 0 saturated carbocycles. The van der Waals surface area contributed by atoms with E-state index in [0.717, 1.165) is 38.0 Å². The average molecular weight is 280 g/mol. The van der Waals surface area contributed by atoms with Gasteiger partial charge in [0.05, 0.1) is 11.8 Å². The van der Waals surface area contributed by atoms with E-state index in [-0.39, 0.29) is 11.9 Å². The largest absolute Gasteiger partial charge is 0.392 e. The highest BCUT2D eigenvalue weighted by atomic mass is 19.1. The molecule has 1 aliphatic rings. The Kier molecular flexibility index (Phi) is 5.38. The number of nitrogens with zero attached hydrogens (tertiary/aromatic N) is 2. The van der Waals surface area contributed by atoms with E-state index >= 15 is 0 Å². The van der Waals surface area contributed by atoms with Gasteiger partial charge in [0, 0.05) is 26.2 Å². The van der Waals surface area contributed by atoms with Crippen LogP contribution >= 0.6 is 0 Å². The first-order chi connectivity index (χ1) is 9.63. The summed E-state index contributed by atoms with van der Waals surface area (Å²) in [4.78, 5) is 4.21. The zero-order valence-electron chi connectivity index (χ0n) is 12.5. The second-order valence-corrected chi connectivity index (χ2v) is 5.49. The van der Waals surface area contributed by atoms with E-state index in [1.807, 2.05) is 30.9 Å². The van der Waals surface area contributed by atoms with Gasteiger partial charge in [-0.1, -0.05) is 6.07 Å². The third-order valence-corrected chi connectivity index (χ3v) is 4.00. The molecule has 1 unspecified atom stereocenters. The van der Waals surface area contributed by atoms with Gasteiger partial charge in [-0.2, -0.15) is 0 Å². The van der Waals surface area contributed by atoms with E-state index in [1.54, 1.807) is 6.07 Å². The molecule has 20 heavy (non-hydrogen) atoms. The van der Waals surface area contributed by atoms with Crippen molar-refractivity contribution in [2.24, 2.45) is 0 Å². The number of benzene rings is 1. The first kappa shape index (κ1) is 15.3. The second-order valence-electron chi connectivity index (χ2n) is 5.49. The molecule has 1 fully saturated rings. The molecule has 4 heteroatoms. The van der Waals surface area contributed by atoms with Crippen molar-refractivity contribution < 1.29 is 9.50 Å². The van der Waals surface area contributed by atoms with Gasteiger partial charge in [-0.15, -0.1) is 0 Å². The predicted molar refractivity (Wildman–Crippen MR) is 80.5 cm³/mol. The quantitative estimate of drug-likeness (QED) is 0.898. The number of β-amino-alcohol motifs (C(OH)–C–C–N with tert-alkyl or cyclic N) is 1. The van der Waals surface area contributed by atoms with E-state index < -0.39 is 0 Å². The van der Waals surface area contributed by atoms with Crippen molar-refractivity contribution in [1.29, 1.82) is 0 Å². The van der Waals surface area contributed by atoms with E-state index in [9.17, 15) is 9.50 Å². The smallest absolute Gasteiger partial charge is 0.146 e. The fourth-order valence-corrected chi connectivity index (χ4v) is 2.90. The van der Waals surface area contributed by atoms with Crippen molar-refractivity contribution in [3.8, 4) is 0 Å². The van der Waals surface area contributed by atoms with Gasteiger partial charge < -0.3 is 10.0 Å². The summed E-state index contributed by atoms with van der Waals surface area (Å²) in [7, 11) is 0. The molecule has 3 nitrogen and oxygen atoms in total. The summed E-state index contributed by atoms with van der Waals surface area (Å²) in [6, 6.07) is 5.50. The van der Waals surface area contributed by atoms with Crippen molar-refractivity contribution in [1.82, 2.24) is 4.90 Å². The molecule has 112 valence electrons. The Balaban J connectivity index is 2.05. The maximum absolute atomic E-state index is 14.2. The van der Waals surface area contributed by atoms with Crippen molar-refractivity contribution in [2.45, 2.75) is 39.3 Å². The van der Waals surface area contributed by atoms with Crippen LogP contribution in [0.1, 0.15) is 32.3 Å². The fraction of sp³-hybridized carbons (Fsp3) is 0.625. The Labute approximate surface area is 121 Å². The van der Waals surface area contributed by atoms with Crippen LogP contribution < -0.4 is 4.90 Å². The number of likely N-dealkylation sites (tertiary alicyclic amines) is 1. The molecule has 1 aromatic carbocycles. The standard InChI is InChI=1S/C16H25FN2O/c1-3-19(4-2)16-8-7-13(10-15(16)17)11-18-9-5-6-14(20)12-18/h7-8,10,14,20H,3-6,9,11-12H2,1-2H3. The first-order valence-electron chi connectivity index (χ1n) is 7.57. The minimum Gasteiger partial charge on any atom is -0.392 e. The summed E-state index contributed by atoms with van der Waals surface area (Å²) in [5, 5.41) is 9.67. The molecule has 0 amide bonds. The number of piperidine rings is 1. The highest BCUT2D eigenvalue weighted by Crippen LogP contribution is 2.22.